The summed E-state index contributed by atoms with van der Waals surface area (Å²) >= 11 is 0. The van der Waals surface area contributed by atoms with E-state index in [-0.39, 0.29) is 23.5 Å². The van der Waals surface area contributed by atoms with E-state index < -0.39 is 8.24 Å². The Balaban J connectivity index is 2.22. The molecule has 1 fully saturated rings. The Hall–Kier alpha value is -0.613. The Morgan fingerprint density at radius 3 is 2.53 bits per heavy atom. The minimum absolute atomic E-state index is 0.00544. The highest BCUT2D eigenvalue weighted by Crippen LogP contribution is 2.49. The summed E-state index contributed by atoms with van der Waals surface area (Å²) < 4.78 is 2.16. The van der Waals surface area contributed by atoms with Crippen molar-refractivity contribution in [3.63, 3.8) is 0 Å². The first-order chi connectivity index (χ1) is 7.71. The van der Waals surface area contributed by atoms with Gasteiger partial charge < -0.3 is 9.67 Å². The van der Waals surface area contributed by atoms with E-state index in [2.05, 4.69) is 44.5 Å². The molecule has 0 aromatic rings. The Kier molecular flexibility index (Phi) is 2.78. The zero-order chi connectivity index (χ0) is 13.0. The molecule has 0 unspecified atom stereocenters. The zero-order valence-corrected chi connectivity index (χ0v) is 12.4. The number of amides is 1. The SMILES string of the molecule is CC(C)(C)[Si](C)(C)N1C(=O)[C@H]2C(CO)=CC[C@H]21. The molecule has 17 heavy (non-hydrogen) atoms. The van der Waals surface area contributed by atoms with Crippen molar-refractivity contribution in [2.45, 2.75) is 51.4 Å². The molecule has 3 nitrogen and oxygen atoms in total. The molecule has 1 saturated heterocycles. The highest BCUT2D eigenvalue weighted by molar-refractivity contribution is 6.80. The van der Waals surface area contributed by atoms with Crippen LogP contribution in [0.4, 0.5) is 0 Å². The molecular formula is C13H23NO2Si. The van der Waals surface area contributed by atoms with Crippen molar-refractivity contribution in [1.82, 2.24) is 4.57 Å². The molecule has 1 aliphatic heterocycles. The van der Waals surface area contributed by atoms with E-state index >= 15 is 0 Å². The maximum atomic E-state index is 12.3. The van der Waals surface area contributed by atoms with E-state index in [0.29, 0.717) is 6.04 Å². The summed E-state index contributed by atoms with van der Waals surface area (Å²) in [5, 5.41) is 9.42. The van der Waals surface area contributed by atoms with Gasteiger partial charge in [0, 0.05) is 6.04 Å². The van der Waals surface area contributed by atoms with Gasteiger partial charge in [0.1, 0.15) is 0 Å². The van der Waals surface area contributed by atoms with Crippen molar-refractivity contribution in [3.05, 3.63) is 11.6 Å². The summed E-state index contributed by atoms with van der Waals surface area (Å²) in [5.74, 6) is 0.244. The molecule has 2 aliphatic rings. The lowest BCUT2D eigenvalue weighted by atomic mass is 9.89. The van der Waals surface area contributed by atoms with E-state index in [0.717, 1.165) is 12.0 Å². The molecule has 2 atom stereocenters. The normalized spacial score (nSPS) is 28.9. The molecular weight excluding hydrogens is 230 g/mol. The van der Waals surface area contributed by atoms with Gasteiger partial charge in [-0.15, -0.1) is 0 Å². The third-order valence-electron chi connectivity index (χ3n) is 4.86. The fraction of sp³-hybridized carbons (Fsp3) is 0.769. The molecule has 0 bridgehead atoms. The van der Waals surface area contributed by atoms with Crippen LogP contribution in [0.3, 0.4) is 0 Å². The highest BCUT2D eigenvalue weighted by Gasteiger charge is 2.58. The fourth-order valence-electron chi connectivity index (χ4n) is 2.81. The van der Waals surface area contributed by atoms with Crippen LogP contribution in [0.2, 0.25) is 18.1 Å². The lowest BCUT2D eigenvalue weighted by molar-refractivity contribution is -0.144. The standard InChI is InChI=1S/C13H23NO2Si/c1-13(2,3)17(4,5)14-10-7-6-9(8-15)11(10)12(14)16/h6,10-11,15H,7-8H2,1-5H3/t10-,11+/m1/s1. The van der Waals surface area contributed by atoms with Crippen molar-refractivity contribution in [2.24, 2.45) is 5.92 Å². The number of nitrogens with zero attached hydrogens (tertiary/aromatic N) is 1. The molecule has 0 saturated carbocycles. The molecule has 1 amide bonds. The first kappa shape index (κ1) is 12.8. The predicted octanol–water partition coefficient (Wildman–Crippen LogP) is 2.14. The van der Waals surface area contributed by atoms with Gasteiger partial charge in [-0.05, 0) is 17.0 Å². The van der Waals surface area contributed by atoms with Crippen LogP contribution in [0.15, 0.2) is 11.6 Å². The molecule has 1 aliphatic carbocycles. The lowest BCUT2D eigenvalue weighted by Crippen LogP contribution is -2.71. The number of hydrogen-bond donors (Lipinski definition) is 1. The minimum Gasteiger partial charge on any atom is -0.392 e. The lowest BCUT2D eigenvalue weighted by Gasteiger charge is -2.57. The summed E-state index contributed by atoms with van der Waals surface area (Å²) in [5.41, 5.74) is 0.940. The number of carbonyl (C=O) groups excluding carboxylic acids is 1. The second kappa shape index (κ2) is 3.69. The number of rotatable bonds is 2. The van der Waals surface area contributed by atoms with Crippen LogP contribution in [0.5, 0.6) is 0 Å². The maximum Gasteiger partial charge on any atom is 0.224 e. The van der Waals surface area contributed by atoms with E-state index in [1.165, 1.54) is 0 Å². The number of hydrogen-bond acceptors (Lipinski definition) is 2. The van der Waals surface area contributed by atoms with Crippen LogP contribution in [-0.2, 0) is 4.79 Å². The Bertz CT molecular complexity index is 381. The Labute approximate surface area is 105 Å². The van der Waals surface area contributed by atoms with Gasteiger partial charge in [-0.2, -0.15) is 0 Å². The van der Waals surface area contributed by atoms with Gasteiger partial charge >= 0.3 is 0 Å². The van der Waals surface area contributed by atoms with Crippen molar-refractivity contribution >= 4 is 14.1 Å². The molecule has 4 heteroatoms. The van der Waals surface area contributed by atoms with Gasteiger partial charge in [0.15, 0.2) is 8.24 Å². The van der Waals surface area contributed by atoms with Gasteiger partial charge in [-0.25, -0.2) is 0 Å². The van der Waals surface area contributed by atoms with Crippen LogP contribution in [-0.4, -0.2) is 36.5 Å². The molecule has 1 heterocycles. The third-order valence-corrected chi connectivity index (χ3v) is 10.3. The molecule has 0 radical (unpaired) electrons. The van der Waals surface area contributed by atoms with Crippen LogP contribution < -0.4 is 0 Å². The van der Waals surface area contributed by atoms with Gasteiger partial charge in [-0.3, -0.25) is 4.79 Å². The highest BCUT2D eigenvalue weighted by atomic mass is 28.3. The second-order valence-corrected chi connectivity index (χ2v) is 11.8. The number of aliphatic hydroxyl groups excluding tert-OH is 1. The summed E-state index contributed by atoms with van der Waals surface area (Å²) in [6.07, 6.45) is 2.99. The number of β-lactam (4-membered cyclic amide) rings is 1. The fourth-order valence-corrected chi connectivity index (χ4v) is 5.30. The van der Waals surface area contributed by atoms with Crippen molar-refractivity contribution < 1.29 is 9.90 Å². The van der Waals surface area contributed by atoms with Gasteiger partial charge in [0.25, 0.3) is 0 Å². The second-order valence-electron chi connectivity index (χ2n) is 6.74. The zero-order valence-electron chi connectivity index (χ0n) is 11.4. The first-order valence-corrected chi connectivity index (χ1v) is 9.29. The summed E-state index contributed by atoms with van der Waals surface area (Å²) in [6.45, 7) is 11.3. The average molecular weight is 253 g/mol. The third kappa shape index (κ3) is 1.61. The van der Waals surface area contributed by atoms with E-state index in [1.54, 1.807) is 0 Å². The molecule has 0 aromatic heterocycles. The van der Waals surface area contributed by atoms with Crippen LogP contribution in [0.1, 0.15) is 27.2 Å². The summed E-state index contributed by atoms with van der Waals surface area (Å²) in [6, 6.07) is 0.338. The Morgan fingerprint density at radius 1 is 1.47 bits per heavy atom. The smallest absolute Gasteiger partial charge is 0.224 e. The quantitative estimate of drug-likeness (QED) is 0.465. The van der Waals surface area contributed by atoms with E-state index in [9.17, 15) is 9.90 Å². The summed E-state index contributed by atoms with van der Waals surface area (Å²) in [7, 11) is -1.74. The predicted molar refractivity (Wildman–Crippen MR) is 71.1 cm³/mol. The number of aliphatic hydroxyl groups is 1. The van der Waals surface area contributed by atoms with Crippen LogP contribution in [0, 0.1) is 5.92 Å². The maximum absolute atomic E-state index is 12.3. The number of fused-ring (bicyclic) bond motifs is 1. The molecule has 1 N–H and O–H groups in total. The van der Waals surface area contributed by atoms with Crippen LogP contribution in [0.25, 0.3) is 0 Å². The first-order valence-electron chi connectivity index (χ1n) is 6.35. The van der Waals surface area contributed by atoms with Gasteiger partial charge in [-0.1, -0.05) is 39.9 Å². The van der Waals surface area contributed by atoms with Crippen molar-refractivity contribution in [3.8, 4) is 0 Å². The summed E-state index contributed by atoms with van der Waals surface area (Å²) in [4.78, 5) is 12.3. The van der Waals surface area contributed by atoms with E-state index in [1.807, 2.05) is 0 Å². The average Bonchev–Trinajstić information content (AvgIpc) is 2.53. The molecule has 96 valence electrons. The van der Waals surface area contributed by atoms with Crippen molar-refractivity contribution in [2.75, 3.05) is 6.61 Å². The Morgan fingerprint density at radius 2 is 2.06 bits per heavy atom. The van der Waals surface area contributed by atoms with Gasteiger partial charge in [0.2, 0.25) is 5.91 Å². The number of carbonyl (C=O) groups is 1. The largest absolute Gasteiger partial charge is 0.392 e. The topological polar surface area (TPSA) is 40.5 Å². The van der Waals surface area contributed by atoms with Gasteiger partial charge in [0.05, 0.1) is 12.5 Å². The molecule has 2 rings (SSSR count). The van der Waals surface area contributed by atoms with Crippen LogP contribution >= 0.6 is 0 Å². The van der Waals surface area contributed by atoms with E-state index in [4.69, 9.17) is 0 Å². The monoisotopic (exact) mass is 253 g/mol. The minimum atomic E-state index is -1.74. The van der Waals surface area contributed by atoms with Crippen molar-refractivity contribution in [1.29, 1.82) is 0 Å². The molecule has 0 spiro atoms. The molecule has 0 aromatic carbocycles.